The molecule has 1 fully saturated rings. The fraction of sp³-hybridized carbons (Fsp3) is 0.222. The summed E-state index contributed by atoms with van der Waals surface area (Å²) in [6, 6.07) is 17.0. The highest BCUT2D eigenvalue weighted by molar-refractivity contribution is 6.30. The van der Waals surface area contributed by atoms with Gasteiger partial charge in [-0.05, 0) is 56.3 Å². The normalized spacial score (nSPS) is 14.9. The maximum Gasteiger partial charge on any atom is 0.270 e. The summed E-state index contributed by atoms with van der Waals surface area (Å²) >= 11 is 6.13. The Bertz CT molecular complexity index is 1450. The Balaban J connectivity index is 1.61. The Hall–Kier alpha value is -3.84. The van der Waals surface area contributed by atoms with Crippen molar-refractivity contribution in [1.29, 1.82) is 0 Å². The zero-order chi connectivity index (χ0) is 24.4. The second-order valence-electron chi connectivity index (χ2n) is 8.47. The first kappa shape index (κ1) is 22.9. The number of halogens is 1. The van der Waals surface area contributed by atoms with Crippen LogP contribution in [0, 0.1) is 0 Å². The van der Waals surface area contributed by atoms with Crippen molar-refractivity contribution in [2.45, 2.75) is 13.8 Å². The molecule has 0 N–H and O–H groups in total. The molecule has 0 bridgehead atoms. The Labute approximate surface area is 209 Å². The maximum absolute atomic E-state index is 13.8. The van der Waals surface area contributed by atoms with E-state index in [4.69, 9.17) is 16.6 Å². The van der Waals surface area contributed by atoms with Crippen molar-refractivity contribution in [1.82, 2.24) is 24.2 Å². The molecule has 0 unspecified atom stereocenters. The highest BCUT2D eigenvalue weighted by Gasteiger charge is 2.24. The molecule has 0 saturated carbocycles. The van der Waals surface area contributed by atoms with Crippen LogP contribution in [0.25, 0.3) is 22.4 Å². The summed E-state index contributed by atoms with van der Waals surface area (Å²) in [5.41, 5.74) is 3.21. The van der Waals surface area contributed by atoms with E-state index in [-0.39, 0.29) is 5.56 Å². The second kappa shape index (κ2) is 9.80. The quantitative estimate of drug-likeness (QED) is 0.378. The third-order valence-electron chi connectivity index (χ3n) is 6.26. The number of aromatic nitrogens is 4. The highest BCUT2D eigenvalue weighted by atomic mass is 35.5. The van der Waals surface area contributed by atoms with Crippen molar-refractivity contribution >= 4 is 28.6 Å². The number of hydrogen-bond acceptors (Lipinski definition) is 5. The predicted octanol–water partition coefficient (Wildman–Crippen LogP) is 4.83. The van der Waals surface area contributed by atoms with Gasteiger partial charge >= 0.3 is 0 Å². The molecule has 5 rings (SSSR count). The molecule has 1 aliphatic rings. The smallest absolute Gasteiger partial charge is 0.270 e. The summed E-state index contributed by atoms with van der Waals surface area (Å²) in [4.78, 5) is 23.4. The van der Waals surface area contributed by atoms with E-state index in [1.54, 1.807) is 27.6 Å². The van der Waals surface area contributed by atoms with Gasteiger partial charge in [0.05, 0.1) is 17.6 Å². The Morgan fingerprint density at radius 1 is 0.971 bits per heavy atom. The minimum Gasteiger partial charge on any atom is -0.371 e. The molecule has 0 aliphatic carbocycles. The Morgan fingerprint density at radius 2 is 1.69 bits per heavy atom. The van der Waals surface area contributed by atoms with Crippen molar-refractivity contribution in [2.24, 2.45) is 0 Å². The first-order valence-corrected chi connectivity index (χ1v) is 12.1. The van der Waals surface area contributed by atoms with E-state index in [0.717, 1.165) is 37.6 Å². The van der Waals surface area contributed by atoms with E-state index in [9.17, 15) is 4.79 Å². The van der Waals surface area contributed by atoms with Gasteiger partial charge in [-0.2, -0.15) is 10.1 Å². The first-order valence-electron chi connectivity index (χ1n) is 11.7. The number of allylic oxidation sites excluding steroid dienone is 4. The number of para-hydroxylation sites is 1. The third-order valence-corrected chi connectivity index (χ3v) is 6.51. The number of anilines is 1. The van der Waals surface area contributed by atoms with Crippen LogP contribution in [-0.4, -0.2) is 50.4 Å². The van der Waals surface area contributed by atoms with Gasteiger partial charge in [0.2, 0.25) is 5.95 Å². The first-order chi connectivity index (χ1) is 17.1. The van der Waals surface area contributed by atoms with Crippen LogP contribution < -0.4 is 10.5 Å². The summed E-state index contributed by atoms with van der Waals surface area (Å²) in [5, 5.41) is 5.59. The SMILES string of the molecule is C/C=C\C=C(/C)N1CCN(c2nc3c(cnn3-c3ccccc3)c(=O)n2-c2ccc(Cl)cc2)CC1. The molecular weight excluding hydrogens is 460 g/mol. The van der Waals surface area contributed by atoms with Gasteiger partial charge in [-0.15, -0.1) is 0 Å². The summed E-state index contributed by atoms with van der Waals surface area (Å²) in [7, 11) is 0. The molecule has 0 amide bonds. The van der Waals surface area contributed by atoms with Crippen molar-refractivity contribution in [3.63, 3.8) is 0 Å². The third kappa shape index (κ3) is 4.47. The van der Waals surface area contributed by atoms with Gasteiger partial charge in [0, 0.05) is 36.9 Å². The number of fused-ring (bicyclic) bond motifs is 1. The van der Waals surface area contributed by atoms with Crippen molar-refractivity contribution < 1.29 is 0 Å². The number of hydrogen-bond donors (Lipinski definition) is 0. The largest absolute Gasteiger partial charge is 0.371 e. The second-order valence-corrected chi connectivity index (χ2v) is 8.90. The van der Waals surface area contributed by atoms with Crippen LogP contribution in [0.5, 0.6) is 0 Å². The van der Waals surface area contributed by atoms with E-state index >= 15 is 0 Å². The van der Waals surface area contributed by atoms with E-state index in [2.05, 4.69) is 34.0 Å². The lowest BCUT2D eigenvalue weighted by molar-refractivity contribution is 0.319. The lowest BCUT2D eigenvalue weighted by atomic mass is 10.2. The number of benzene rings is 2. The fourth-order valence-corrected chi connectivity index (χ4v) is 4.48. The monoisotopic (exact) mass is 486 g/mol. The average molecular weight is 487 g/mol. The maximum atomic E-state index is 13.8. The van der Waals surface area contributed by atoms with Crippen LogP contribution in [0.2, 0.25) is 5.02 Å². The molecule has 7 nitrogen and oxygen atoms in total. The minimum absolute atomic E-state index is 0.152. The molecule has 2 aromatic carbocycles. The van der Waals surface area contributed by atoms with E-state index in [0.29, 0.717) is 22.0 Å². The van der Waals surface area contributed by atoms with Crippen LogP contribution in [0.15, 0.2) is 89.5 Å². The van der Waals surface area contributed by atoms with Gasteiger partial charge in [-0.25, -0.2) is 9.25 Å². The molecule has 0 radical (unpaired) electrons. The Morgan fingerprint density at radius 3 is 2.37 bits per heavy atom. The highest BCUT2D eigenvalue weighted by Crippen LogP contribution is 2.24. The predicted molar refractivity (Wildman–Crippen MR) is 142 cm³/mol. The molecule has 0 spiro atoms. The van der Waals surface area contributed by atoms with E-state index in [1.165, 1.54) is 5.70 Å². The van der Waals surface area contributed by atoms with Crippen molar-refractivity contribution in [2.75, 3.05) is 31.1 Å². The summed E-state index contributed by atoms with van der Waals surface area (Å²) < 4.78 is 3.40. The van der Waals surface area contributed by atoms with Crippen LogP contribution in [0.3, 0.4) is 0 Å². The van der Waals surface area contributed by atoms with Gasteiger partial charge in [-0.3, -0.25) is 4.79 Å². The average Bonchev–Trinajstić information content (AvgIpc) is 3.33. The molecule has 35 heavy (non-hydrogen) atoms. The molecule has 3 heterocycles. The van der Waals surface area contributed by atoms with Gasteiger partial charge in [-0.1, -0.05) is 42.0 Å². The topological polar surface area (TPSA) is 59.2 Å². The zero-order valence-corrected chi connectivity index (χ0v) is 20.6. The van der Waals surface area contributed by atoms with Crippen LogP contribution >= 0.6 is 11.6 Å². The number of nitrogens with zero attached hydrogens (tertiary/aromatic N) is 6. The van der Waals surface area contributed by atoms with E-state index in [1.807, 2.05) is 55.5 Å². The molecule has 2 aromatic heterocycles. The van der Waals surface area contributed by atoms with Gasteiger partial charge in [0.15, 0.2) is 5.65 Å². The molecule has 1 saturated heterocycles. The molecule has 1 aliphatic heterocycles. The van der Waals surface area contributed by atoms with Crippen molar-refractivity contribution in [3.8, 4) is 11.4 Å². The molecule has 178 valence electrons. The zero-order valence-electron chi connectivity index (χ0n) is 19.8. The number of rotatable bonds is 5. The minimum atomic E-state index is -0.152. The fourth-order valence-electron chi connectivity index (χ4n) is 4.35. The van der Waals surface area contributed by atoms with Crippen LogP contribution in [-0.2, 0) is 0 Å². The van der Waals surface area contributed by atoms with Crippen LogP contribution in [0.4, 0.5) is 5.95 Å². The molecular formula is C27H27ClN6O. The molecule has 0 atom stereocenters. The van der Waals surface area contributed by atoms with Gasteiger partial charge < -0.3 is 9.80 Å². The van der Waals surface area contributed by atoms with Gasteiger partial charge in [0.25, 0.3) is 5.56 Å². The molecule has 4 aromatic rings. The summed E-state index contributed by atoms with van der Waals surface area (Å²) in [6.07, 6.45) is 7.81. The summed E-state index contributed by atoms with van der Waals surface area (Å²) in [5.74, 6) is 0.609. The summed E-state index contributed by atoms with van der Waals surface area (Å²) in [6.45, 7) is 7.30. The molecule has 8 heteroatoms. The van der Waals surface area contributed by atoms with E-state index < -0.39 is 0 Å². The lowest BCUT2D eigenvalue weighted by Crippen LogP contribution is -2.47. The lowest BCUT2D eigenvalue weighted by Gasteiger charge is -2.37. The van der Waals surface area contributed by atoms with Crippen LogP contribution in [0.1, 0.15) is 13.8 Å². The Kier molecular flexibility index (Phi) is 6.42. The number of piperazine rings is 1. The van der Waals surface area contributed by atoms with Gasteiger partial charge in [0.1, 0.15) is 5.39 Å². The standard InChI is InChI=1S/C27H27ClN6O/c1-3-4-8-20(2)31-15-17-32(18-16-31)27-30-25-24(19-29-34(25)23-9-6-5-7-10-23)26(35)33(27)22-13-11-21(28)12-14-22/h3-14,19H,15-18H2,1-2H3/b4-3-,20-8+. The van der Waals surface area contributed by atoms with Crippen molar-refractivity contribution in [3.05, 3.63) is 100 Å².